The highest BCUT2D eigenvalue weighted by atomic mass is 79.9. The third kappa shape index (κ3) is 5.85. The minimum absolute atomic E-state index is 0.0648. The summed E-state index contributed by atoms with van der Waals surface area (Å²) in [7, 11) is 0. The first-order chi connectivity index (χ1) is 21.1. The number of amides is 1. The van der Waals surface area contributed by atoms with Crippen molar-refractivity contribution in [3.8, 4) is 6.01 Å². The van der Waals surface area contributed by atoms with Crippen molar-refractivity contribution in [3.63, 3.8) is 0 Å². The summed E-state index contributed by atoms with van der Waals surface area (Å²) in [4.78, 5) is 27.8. The lowest BCUT2D eigenvalue weighted by Crippen LogP contribution is -2.62. The zero-order valence-electron chi connectivity index (χ0n) is 25.5. The highest BCUT2D eigenvalue weighted by Crippen LogP contribution is 2.46. The van der Waals surface area contributed by atoms with E-state index in [1.807, 2.05) is 4.90 Å². The van der Waals surface area contributed by atoms with Gasteiger partial charge in [-0.1, -0.05) is 6.08 Å². The minimum atomic E-state index is -4.86. The zero-order chi connectivity index (χ0) is 32.5. The lowest BCUT2D eigenvalue weighted by atomic mass is 9.95. The number of hydrogen-bond donors (Lipinski definition) is 0. The summed E-state index contributed by atoms with van der Waals surface area (Å²) in [5.41, 5.74) is -2.78. The second-order valence-corrected chi connectivity index (χ2v) is 14.4. The van der Waals surface area contributed by atoms with Crippen molar-refractivity contribution >= 4 is 38.7 Å². The van der Waals surface area contributed by atoms with E-state index in [0.29, 0.717) is 38.3 Å². The zero-order valence-corrected chi connectivity index (χ0v) is 27.1. The Balaban J connectivity index is 1.45. The maximum Gasteiger partial charge on any atom is 0.417 e. The second kappa shape index (κ2) is 11.5. The molecule has 1 amide bonds. The van der Waals surface area contributed by atoms with Crippen molar-refractivity contribution in [1.29, 1.82) is 0 Å². The van der Waals surface area contributed by atoms with E-state index in [-0.39, 0.29) is 52.4 Å². The normalized spacial score (nSPS) is 28.6. The Bertz CT molecular complexity index is 1500. The molecule has 6 rings (SSSR count). The third-order valence-corrected chi connectivity index (χ3v) is 10.3. The molecule has 2 bridgehead atoms. The molecular weight excluding hydrogens is 665 g/mol. The van der Waals surface area contributed by atoms with Crippen molar-refractivity contribution in [2.75, 3.05) is 31.1 Å². The number of hydrogen-bond acceptors (Lipinski definition) is 7. The Morgan fingerprint density at radius 3 is 2.67 bits per heavy atom. The first-order valence-electron chi connectivity index (χ1n) is 15.3. The predicted octanol–water partition coefficient (Wildman–Crippen LogP) is 7.04. The number of halogens is 6. The van der Waals surface area contributed by atoms with Crippen LogP contribution in [-0.2, 0) is 10.9 Å². The van der Waals surface area contributed by atoms with Crippen LogP contribution in [0.3, 0.4) is 0 Å². The van der Waals surface area contributed by atoms with Crippen LogP contribution >= 0.6 is 15.9 Å². The van der Waals surface area contributed by atoms with Crippen LogP contribution in [0.5, 0.6) is 6.01 Å². The summed E-state index contributed by atoms with van der Waals surface area (Å²) < 4.78 is 83.7. The van der Waals surface area contributed by atoms with E-state index in [4.69, 9.17) is 9.47 Å². The molecule has 2 aromatic rings. The van der Waals surface area contributed by atoms with Gasteiger partial charge in [-0.2, -0.15) is 23.1 Å². The molecule has 0 radical (unpaired) electrons. The average molecular weight is 703 g/mol. The van der Waals surface area contributed by atoms with Crippen LogP contribution in [0.25, 0.3) is 10.9 Å². The number of nitrogens with zero attached hydrogens (tertiary/aromatic N) is 5. The van der Waals surface area contributed by atoms with Crippen molar-refractivity contribution in [2.45, 2.75) is 101 Å². The van der Waals surface area contributed by atoms with Crippen LogP contribution < -0.4 is 9.64 Å². The number of anilines is 1. The van der Waals surface area contributed by atoms with Gasteiger partial charge in [0, 0.05) is 24.0 Å². The summed E-state index contributed by atoms with van der Waals surface area (Å²) in [5, 5.41) is -0.140. The Hall–Kier alpha value is -2.74. The fourth-order valence-electron chi connectivity index (χ4n) is 7.66. The quantitative estimate of drug-likeness (QED) is 0.237. The van der Waals surface area contributed by atoms with Gasteiger partial charge in [0.1, 0.15) is 35.5 Å². The monoisotopic (exact) mass is 701 g/mol. The van der Waals surface area contributed by atoms with E-state index < -0.39 is 47.0 Å². The first kappa shape index (κ1) is 32.2. The van der Waals surface area contributed by atoms with Gasteiger partial charge in [-0.25, -0.2) is 13.6 Å². The number of ether oxygens (including phenoxy) is 2. The van der Waals surface area contributed by atoms with E-state index in [0.717, 1.165) is 19.4 Å². The SMILES string of the molecule is C=CC[C@@H]1[C@@H]2CC[C@H](CN1c1nc(OC[C@@]34CCCN3C[C@H](F)C4)nc3c(F)cc(C(F)(F)F)c(Br)c13)N2C(=O)OC(C)(C)C. The van der Waals surface area contributed by atoms with Crippen LogP contribution in [0, 0.1) is 5.82 Å². The molecule has 14 heteroatoms. The van der Waals surface area contributed by atoms with Crippen LogP contribution in [0.2, 0.25) is 0 Å². The minimum Gasteiger partial charge on any atom is -0.461 e. The number of benzene rings is 1. The molecule has 1 aromatic carbocycles. The van der Waals surface area contributed by atoms with Gasteiger partial charge in [0.05, 0.1) is 34.6 Å². The summed E-state index contributed by atoms with van der Waals surface area (Å²) >= 11 is 3.11. The molecule has 5 atom stereocenters. The highest BCUT2D eigenvalue weighted by Gasteiger charge is 2.51. The molecule has 4 aliphatic heterocycles. The third-order valence-electron chi connectivity index (χ3n) is 9.44. The molecule has 0 N–H and O–H groups in total. The predicted molar refractivity (Wildman–Crippen MR) is 162 cm³/mol. The van der Waals surface area contributed by atoms with E-state index >= 15 is 4.39 Å². The fraction of sp³-hybridized carbons (Fsp3) is 0.645. The highest BCUT2D eigenvalue weighted by molar-refractivity contribution is 9.10. The summed E-state index contributed by atoms with van der Waals surface area (Å²) in [5.74, 6) is -1.11. The number of piperazine rings is 1. The molecule has 1 aromatic heterocycles. The van der Waals surface area contributed by atoms with Crippen molar-refractivity contribution < 1.29 is 36.2 Å². The van der Waals surface area contributed by atoms with E-state index in [2.05, 4.69) is 37.4 Å². The van der Waals surface area contributed by atoms with Gasteiger partial charge >= 0.3 is 18.3 Å². The molecule has 4 aliphatic rings. The Kier molecular flexibility index (Phi) is 8.23. The van der Waals surface area contributed by atoms with E-state index in [1.165, 1.54) is 0 Å². The second-order valence-electron chi connectivity index (χ2n) is 13.6. The Morgan fingerprint density at radius 1 is 1.22 bits per heavy atom. The van der Waals surface area contributed by atoms with Crippen LogP contribution in [0.15, 0.2) is 23.2 Å². The number of carbonyl (C=O) groups is 1. The molecule has 0 unspecified atom stereocenters. The van der Waals surface area contributed by atoms with E-state index in [9.17, 15) is 22.4 Å². The van der Waals surface area contributed by atoms with Crippen LogP contribution in [0.4, 0.5) is 32.6 Å². The van der Waals surface area contributed by atoms with E-state index in [1.54, 1.807) is 31.7 Å². The average Bonchev–Trinajstić information content (AvgIpc) is 3.58. The smallest absolute Gasteiger partial charge is 0.417 e. The summed E-state index contributed by atoms with van der Waals surface area (Å²) in [6, 6.07) is -0.909. The fourth-order valence-corrected chi connectivity index (χ4v) is 8.36. The maximum atomic E-state index is 15.6. The number of fused-ring (bicyclic) bond motifs is 4. The molecule has 4 fully saturated rings. The molecule has 0 spiro atoms. The first-order valence-corrected chi connectivity index (χ1v) is 16.1. The molecule has 45 heavy (non-hydrogen) atoms. The molecule has 0 aliphatic carbocycles. The number of alkyl halides is 4. The molecule has 8 nitrogen and oxygen atoms in total. The van der Waals surface area contributed by atoms with Crippen LogP contribution in [-0.4, -0.2) is 87.5 Å². The summed E-state index contributed by atoms with van der Waals surface area (Å²) in [6.45, 7) is 10.6. The Morgan fingerprint density at radius 2 is 1.98 bits per heavy atom. The topological polar surface area (TPSA) is 71.0 Å². The van der Waals surface area contributed by atoms with Crippen molar-refractivity contribution in [3.05, 3.63) is 34.6 Å². The molecule has 0 saturated carbocycles. The van der Waals surface area contributed by atoms with Gasteiger partial charge < -0.3 is 14.4 Å². The van der Waals surface area contributed by atoms with Gasteiger partial charge in [-0.3, -0.25) is 9.80 Å². The number of aromatic nitrogens is 2. The summed E-state index contributed by atoms with van der Waals surface area (Å²) in [6.07, 6.45) is -1.08. The van der Waals surface area contributed by atoms with Gasteiger partial charge in [0.15, 0.2) is 0 Å². The number of carbonyl (C=O) groups excluding carboxylic acids is 1. The lowest BCUT2D eigenvalue weighted by Gasteiger charge is -2.47. The molecule has 4 saturated heterocycles. The maximum absolute atomic E-state index is 15.6. The van der Waals surface area contributed by atoms with Crippen molar-refractivity contribution in [2.24, 2.45) is 0 Å². The lowest BCUT2D eigenvalue weighted by molar-refractivity contribution is -0.138. The number of rotatable bonds is 6. The molecular formula is C31H37BrF5N5O3. The van der Waals surface area contributed by atoms with Gasteiger partial charge in [0.25, 0.3) is 0 Å². The standard InChI is InChI=1S/C31H37BrF5N5O3/c1-5-7-21-22-9-8-18(42(22)28(43)45-29(2,3)4)15-41(21)26-23-24(32)19(31(35,36)37)12-20(34)25(23)38-27(39-26)44-16-30-10-6-11-40(30)14-17(33)13-30/h5,12,17-18,21-22H,1,6-11,13-16H2,2-4H3/t17-,18-,21-,22+,30+/m1/s1. The Labute approximate surface area is 267 Å². The van der Waals surface area contributed by atoms with Crippen molar-refractivity contribution in [1.82, 2.24) is 19.8 Å². The molecule has 5 heterocycles. The van der Waals surface area contributed by atoms with Crippen LogP contribution in [0.1, 0.15) is 64.9 Å². The largest absolute Gasteiger partial charge is 0.461 e. The van der Waals surface area contributed by atoms with Gasteiger partial charge in [-0.05, 0) is 81.4 Å². The van der Waals surface area contributed by atoms with Gasteiger partial charge in [-0.15, -0.1) is 6.58 Å². The van der Waals surface area contributed by atoms with Gasteiger partial charge in [0.2, 0.25) is 0 Å². The molecule has 246 valence electrons.